The van der Waals surface area contributed by atoms with Gasteiger partial charge in [-0.25, -0.2) is 0 Å². The maximum absolute atomic E-state index is 12.0. The van der Waals surface area contributed by atoms with Crippen molar-refractivity contribution >= 4 is 5.78 Å². The lowest BCUT2D eigenvalue weighted by atomic mass is 9.85. The van der Waals surface area contributed by atoms with Crippen LogP contribution in [0.2, 0.25) is 0 Å². The molecule has 0 aliphatic carbocycles. The third-order valence-electron chi connectivity index (χ3n) is 2.93. The molecule has 2 nitrogen and oxygen atoms in total. The van der Waals surface area contributed by atoms with Crippen LogP contribution in [0.25, 0.3) is 0 Å². The molecule has 0 saturated carbocycles. The molecule has 1 unspecified atom stereocenters. The first-order valence-corrected chi connectivity index (χ1v) is 6.53. The molecule has 0 aromatic heterocycles. The van der Waals surface area contributed by atoms with Crippen molar-refractivity contribution in [1.82, 2.24) is 0 Å². The Morgan fingerprint density at radius 3 is 2.06 bits per heavy atom. The van der Waals surface area contributed by atoms with Crippen LogP contribution in [0.3, 0.4) is 0 Å². The maximum Gasteiger partial charge on any atom is 0.171 e. The number of hydrogen-bond acceptors (Lipinski definition) is 2. The molecular formula is C16H24O2. The Kier molecular flexibility index (Phi) is 4.69. The fraction of sp³-hybridized carbons (Fsp3) is 0.562. The number of carbonyl (C=O) groups excluding carboxylic acids is 1. The van der Waals surface area contributed by atoms with Crippen molar-refractivity contribution in [3.63, 3.8) is 0 Å². The van der Waals surface area contributed by atoms with Gasteiger partial charge in [0.2, 0.25) is 0 Å². The first-order chi connectivity index (χ1) is 8.21. The average Bonchev–Trinajstić information content (AvgIpc) is 2.26. The largest absolute Gasteiger partial charge is 0.381 e. The molecule has 1 atom stereocenters. The molecule has 0 aliphatic rings. The van der Waals surface area contributed by atoms with Crippen molar-refractivity contribution in [2.45, 2.75) is 47.1 Å². The zero-order valence-corrected chi connectivity index (χ0v) is 12.0. The number of Topliss-reactive ketones (excluding diaryl/α,β-unsaturated/α-hetero) is 1. The monoisotopic (exact) mass is 248 g/mol. The van der Waals surface area contributed by atoms with Crippen LogP contribution in [0.1, 0.15) is 51.8 Å². The molecule has 18 heavy (non-hydrogen) atoms. The Labute approximate surface area is 110 Å². The smallest absolute Gasteiger partial charge is 0.171 e. The van der Waals surface area contributed by atoms with Crippen molar-refractivity contribution in [3.8, 4) is 0 Å². The summed E-state index contributed by atoms with van der Waals surface area (Å²) in [5.74, 6) is 0.469. The molecule has 0 radical (unpaired) electrons. The molecule has 0 heterocycles. The van der Waals surface area contributed by atoms with Gasteiger partial charge >= 0.3 is 0 Å². The second-order valence-corrected chi connectivity index (χ2v) is 6.36. The highest BCUT2D eigenvalue weighted by atomic mass is 16.3. The summed E-state index contributed by atoms with van der Waals surface area (Å²) in [6.07, 6.45) is 0.00180. The third kappa shape index (κ3) is 3.95. The fourth-order valence-electron chi connectivity index (χ4n) is 1.87. The zero-order chi connectivity index (χ0) is 13.9. The number of ketones is 1. The Morgan fingerprint density at radius 2 is 1.67 bits per heavy atom. The van der Waals surface area contributed by atoms with E-state index >= 15 is 0 Å². The predicted octanol–water partition coefficient (Wildman–Crippen LogP) is 3.53. The standard InChI is InChI=1S/C16H24O2/c1-11(2)10-12-6-8-13(9-7-12)14(17)15(18)16(3,4)5/h6-9,11,14,17H,10H2,1-5H3. The third-order valence-corrected chi connectivity index (χ3v) is 2.93. The summed E-state index contributed by atoms with van der Waals surface area (Å²) in [6, 6.07) is 7.70. The van der Waals surface area contributed by atoms with Crippen molar-refractivity contribution in [2.24, 2.45) is 11.3 Å². The van der Waals surface area contributed by atoms with Crippen LogP contribution in [0.15, 0.2) is 24.3 Å². The highest BCUT2D eigenvalue weighted by Crippen LogP contribution is 2.25. The lowest BCUT2D eigenvalue weighted by molar-refractivity contribution is -0.135. The molecule has 1 aromatic rings. The van der Waals surface area contributed by atoms with Crippen LogP contribution in [0.5, 0.6) is 0 Å². The molecule has 1 aromatic carbocycles. The van der Waals surface area contributed by atoms with Gasteiger partial charge in [0.1, 0.15) is 6.10 Å². The number of aliphatic hydroxyl groups is 1. The normalized spacial score (nSPS) is 13.7. The van der Waals surface area contributed by atoms with Gasteiger partial charge in [0.15, 0.2) is 5.78 Å². The summed E-state index contributed by atoms with van der Waals surface area (Å²) in [7, 11) is 0. The zero-order valence-electron chi connectivity index (χ0n) is 12.0. The Bertz CT molecular complexity index is 396. The van der Waals surface area contributed by atoms with Gasteiger partial charge in [-0.2, -0.15) is 0 Å². The fourth-order valence-corrected chi connectivity index (χ4v) is 1.87. The van der Waals surface area contributed by atoms with Crippen LogP contribution >= 0.6 is 0 Å². The van der Waals surface area contributed by atoms with E-state index in [0.29, 0.717) is 11.5 Å². The van der Waals surface area contributed by atoms with Crippen molar-refractivity contribution in [3.05, 3.63) is 35.4 Å². The van der Waals surface area contributed by atoms with E-state index in [0.717, 1.165) is 6.42 Å². The SMILES string of the molecule is CC(C)Cc1ccc(C(O)C(=O)C(C)(C)C)cc1. The van der Waals surface area contributed by atoms with Crippen molar-refractivity contribution in [2.75, 3.05) is 0 Å². The summed E-state index contributed by atoms with van der Waals surface area (Å²) in [4.78, 5) is 12.0. The highest BCUT2D eigenvalue weighted by molar-refractivity contribution is 5.88. The lowest BCUT2D eigenvalue weighted by Gasteiger charge is -2.21. The molecular weight excluding hydrogens is 224 g/mol. The Balaban J connectivity index is 2.82. The van der Waals surface area contributed by atoms with Crippen LogP contribution in [0, 0.1) is 11.3 Å². The number of aliphatic hydroxyl groups excluding tert-OH is 1. The molecule has 1 rings (SSSR count). The first-order valence-electron chi connectivity index (χ1n) is 6.53. The quantitative estimate of drug-likeness (QED) is 0.885. The van der Waals surface area contributed by atoms with Crippen molar-refractivity contribution < 1.29 is 9.90 Å². The average molecular weight is 248 g/mol. The van der Waals surface area contributed by atoms with Gasteiger partial charge in [0.25, 0.3) is 0 Å². The molecule has 0 spiro atoms. The molecule has 0 amide bonds. The van der Waals surface area contributed by atoms with Gasteiger partial charge in [-0.15, -0.1) is 0 Å². The second kappa shape index (κ2) is 5.66. The summed E-state index contributed by atoms with van der Waals surface area (Å²) in [5.41, 5.74) is 1.40. The van der Waals surface area contributed by atoms with Gasteiger partial charge in [-0.3, -0.25) is 4.79 Å². The minimum atomic E-state index is -1.02. The van der Waals surface area contributed by atoms with E-state index in [1.54, 1.807) is 0 Å². The number of rotatable bonds is 4. The van der Waals surface area contributed by atoms with Crippen molar-refractivity contribution in [1.29, 1.82) is 0 Å². The lowest BCUT2D eigenvalue weighted by Crippen LogP contribution is -2.26. The van der Waals surface area contributed by atoms with Gasteiger partial charge in [-0.1, -0.05) is 58.9 Å². The first kappa shape index (κ1) is 14.9. The highest BCUT2D eigenvalue weighted by Gasteiger charge is 2.29. The summed E-state index contributed by atoms with van der Waals surface area (Å²) < 4.78 is 0. The Hall–Kier alpha value is -1.15. The molecule has 0 bridgehead atoms. The molecule has 100 valence electrons. The second-order valence-electron chi connectivity index (χ2n) is 6.36. The number of hydrogen-bond donors (Lipinski definition) is 1. The van der Waals surface area contributed by atoms with Crippen LogP contribution in [-0.2, 0) is 11.2 Å². The molecule has 0 aliphatic heterocycles. The van der Waals surface area contributed by atoms with Crippen LogP contribution in [-0.4, -0.2) is 10.9 Å². The van der Waals surface area contributed by atoms with E-state index < -0.39 is 11.5 Å². The number of carbonyl (C=O) groups is 1. The number of benzene rings is 1. The summed E-state index contributed by atoms with van der Waals surface area (Å²) in [5, 5.41) is 10.0. The molecule has 0 saturated heterocycles. The van der Waals surface area contributed by atoms with Crippen LogP contribution in [0.4, 0.5) is 0 Å². The minimum Gasteiger partial charge on any atom is -0.381 e. The Morgan fingerprint density at radius 1 is 1.17 bits per heavy atom. The van der Waals surface area contributed by atoms with E-state index in [2.05, 4.69) is 13.8 Å². The molecule has 2 heteroatoms. The van der Waals surface area contributed by atoms with E-state index in [4.69, 9.17) is 0 Å². The summed E-state index contributed by atoms with van der Waals surface area (Å²) in [6.45, 7) is 9.82. The molecule has 0 fully saturated rings. The summed E-state index contributed by atoms with van der Waals surface area (Å²) >= 11 is 0. The van der Waals surface area contributed by atoms with Gasteiger partial charge in [0, 0.05) is 5.41 Å². The van der Waals surface area contributed by atoms with E-state index in [1.165, 1.54) is 5.56 Å². The topological polar surface area (TPSA) is 37.3 Å². The molecule has 1 N–H and O–H groups in total. The maximum atomic E-state index is 12.0. The van der Waals surface area contributed by atoms with Gasteiger partial charge in [-0.05, 0) is 23.5 Å². The van der Waals surface area contributed by atoms with Crippen LogP contribution < -0.4 is 0 Å². The van der Waals surface area contributed by atoms with Gasteiger partial charge in [0.05, 0.1) is 0 Å². The van der Waals surface area contributed by atoms with Gasteiger partial charge < -0.3 is 5.11 Å². The minimum absolute atomic E-state index is 0.140. The van der Waals surface area contributed by atoms with E-state index in [9.17, 15) is 9.90 Å². The van der Waals surface area contributed by atoms with E-state index in [1.807, 2.05) is 45.0 Å². The predicted molar refractivity (Wildman–Crippen MR) is 74.4 cm³/mol. The van der Waals surface area contributed by atoms with E-state index in [-0.39, 0.29) is 5.78 Å².